The lowest BCUT2D eigenvalue weighted by molar-refractivity contribution is 0.362. The van der Waals surface area contributed by atoms with Crippen molar-refractivity contribution in [3.63, 3.8) is 0 Å². The van der Waals surface area contributed by atoms with Gasteiger partial charge >= 0.3 is 0 Å². The van der Waals surface area contributed by atoms with E-state index in [1.54, 1.807) is 25.1 Å². The smallest absolute Gasteiger partial charge is 0.167 e. The van der Waals surface area contributed by atoms with Crippen LogP contribution < -0.4 is 16.1 Å². The molecule has 2 radical (unpaired) electrons. The zero-order valence-corrected chi connectivity index (χ0v) is 13.7. The van der Waals surface area contributed by atoms with Crippen molar-refractivity contribution >= 4 is 42.2 Å². The minimum Gasteiger partial charge on any atom is -0.353 e. The minimum absolute atomic E-state index is 0.0302. The third-order valence-corrected chi connectivity index (χ3v) is 4.58. The molecule has 2 aromatic carbocycles. The van der Waals surface area contributed by atoms with Gasteiger partial charge in [-0.3, -0.25) is 0 Å². The molecule has 0 bridgehead atoms. The third kappa shape index (κ3) is 2.81. The molecule has 0 amide bonds. The van der Waals surface area contributed by atoms with Gasteiger partial charge in [-0.05, 0) is 42.9 Å². The van der Waals surface area contributed by atoms with Crippen molar-refractivity contribution < 1.29 is 8.78 Å². The fourth-order valence-corrected chi connectivity index (χ4v) is 3.35. The lowest BCUT2D eigenvalue weighted by Gasteiger charge is -2.32. The molecule has 7 heteroatoms. The van der Waals surface area contributed by atoms with Crippen LogP contribution >= 0.6 is 23.8 Å². The lowest BCUT2D eigenvalue weighted by Crippen LogP contribution is -2.40. The van der Waals surface area contributed by atoms with E-state index in [4.69, 9.17) is 31.7 Å². The quantitative estimate of drug-likeness (QED) is 0.645. The van der Waals surface area contributed by atoms with Crippen LogP contribution in [0.25, 0.3) is 0 Å². The summed E-state index contributed by atoms with van der Waals surface area (Å²) in [5.74, 6) is -0.991. The second-order valence-electron chi connectivity index (χ2n) is 5.65. The van der Waals surface area contributed by atoms with Gasteiger partial charge in [-0.25, -0.2) is 8.78 Å². The second-order valence-corrected chi connectivity index (χ2v) is 6.46. The molecule has 1 aliphatic heterocycles. The van der Waals surface area contributed by atoms with Gasteiger partial charge in [0.1, 0.15) is 19.5 Å². The number of thiocarbonyl (C=S) groups is 1. The van der Waals surface area contributed by atoms with E-state index < -0.39 is 23.2 Å². The van der Waals surface area contributed by atoms with Crippen LogP contribution in [-0.2, 0) is 5.54 Å². The van der Waals surface area contributed by atoms with Gasteiger partial charge in [0.2, 0.25) is 0 Å². The Morgan fingerprint density at radius 3 is 2.57 bits per heavy atom. The Hall–Kier alpha value is -1.66. The van der Waals surface area contributed by atoms with Crippen LogP contribution in [-0.4, -0.2) is 13.0 Å². The summed E-state index contributed by atoms with van der Waals surface area (Å²) in [7, 11) is 5.61. The summed E-state index contributed by atoms with van der Waals surface area (Å²) >= 11 is 10.9. The normalized spacial score (nSPS) is 23.5. The molecular weight excluding hydrogens is 337 g/mol. The lowest BCUT2D eigenvalue weighted by atomic mass is 9.80. The highest BCUT2D eigenvalue weighted by molar-refractivity contribution is 7.80. The molecule has 0 saturated carbocycles. The zero-order valence-electron chi connectivity index (χ0n) is 12.2. The summed E-state index contributed by atoms with van der Waals surface area (Å²) < 4.78 is 28.2. The van der Waals surface area contributed by atoms with E-state index in [1.807, 2.05) is 0 Å². The molecule has 116 valence electrons. The second kappa shape index (κ2) is 5.76. The molecule has 1 saturated heterocycles. The maximum absolute atomic E-state index is 14.4. The molecule has 3 rings (SSSR count). The van der Waals surface area contributed by atoms with Crippen LogP contribution in [0.15, 0.2) is 36.4 Å². The first-order chi connectivity index (χ1) is 10.8. The summed E-state index contributed by atoms with van der Waals surface area (Å²) in [6.45, 7) is 1.80. The SMILES string of the molecule is [B]c1ccc(C2(C)NC(=S)NC2c2ccc(Cl)c(F)c2)c(F)c1. The van der Waals surface area contributed by atoms with Crippen LogP contribution in [0.4, 0.5) is 8.78 Å². The van der Waals surface area contributed by atoms with E-state index in [0.717, 1.165) is 0 Å². The number of rotatable bonds is 2. The highest BCUT2D eigenvalue weighted by Gasteiger charge is 2.44. The molecular formula is C16H12BClF2N2S. The van der Waals surface area contributed by atoms with Gasteiger partial charge in [-0.1, -0.05) is 35.3 Å². The molecule has 2 N–H and O–H groups in total. The van der Waals surface area contributed by atoms with E-state index in [2.05, 4.69) is 10.6 Å². The van der Waals surface area contributed by atoms with Crippen molar-refractivity contribution in [3.8, 4) is 0 Å². The summed E-state index contributed by atoms with van der Waals surface area (Å²) in [6, 6.07) is 8.49. The van der Waals surface area contributed by atoms with Crippen molar-refractivity contribution in [2.24, 2.45) is 0 Å². The fraction of sp³-hybridized carbons (Fsp3) is 0.188. The van der Waals surface area contributed by atoms with Crippen molar-refractivity contribution in [1.82, 2.24) is 10.6 Å². The van der Waals surface area contributed by atoms with Gasteiger partial charge in [0.15, 0.2) is 5.11 Å². The van der Waals surface area contributed by atoms with Gasteiger partial charge in [0.25, 0.3) is 0 Å². The standard InChI is InChI=1S/C16H12BClF2N2S/c1-16(10-4-3-9(17)7-12(10)19)14(21-15(23)22-16)8-2-5-11(18)13(20)6-8/h2-7,14H,1H3,(H2,21,22,23). The Balaban J connectivity index is 2.11. The van der Waals surface area contributed by atoms with Crippen LogP contribution in [0.5, 0.6) is 0 Å². The van der Waals surface area contributed by atoms with E-state index in [0.29, 0.717) is 21.7 Å². The average Bonchev–Trinajstić information content (AvgIpc) is 2.77. The highest BCUT2D eigenvalue weighted by atomic mass is 35.5. The highest BCUT2D eigenvalue weighted by Crippen LogP contribution is 2.39. The molecule has 0 aromatic heterocycles. The molecule has 2 unspecified atom stereocenters. The first-order valence-electron chi connectivity index (χ1n) is 6.90. The van der Waals surface area contributed by atoms with Crippen molar-refractivity contribution in [2.75, 3.05) is 0 Å². The first kappa shape index (κ1) is 16.2. The van der Waals surface area contributed by atoms with E-state index in [9.17, 15) is 8.78 Å². The molecule has 0 spiro atoms. The van der Waals surface area contributed by atoms with E-state index in [1.165, 1.54) is 18.2 Å². The minimum atomic E-state index is -0.894. The van der Waals surface area contributed by atoms with E-state index >= 15 is 0 Å². The summed E-state index contributed by atoms with van der Waals surface area (Å²) in [4.78, 5) is 0. The Bertz CT molecular complexity index is 802. The monoisotopic (exact) mass is 348 g/mol. The number of nitrogens with one attached hydrogen (secondary N) is 2. The summed E-state index contributed by atoms with van der Waals surface area (Å²) in [6.07, 6.45) is 0. The molecule has 0 aliphatic carbocycles. The first-order valence-corrected chi connectivity index (χ1v) is 7.69. The Morgan fingerprint density at radius 1 is 1.17 bits per heavy atom. The Morgan fingerprint density at radius 2 is 1.91 bits per heavy atom. The van der Waals surface area contributed by atoms with Gasteiger partial charge in [-0.15, -0.1) is 0 Å². The molecule has 2 aromatic rings. The van der Waals surface area contributed by atoms with Crippen LogP contribution in [0.2, 0.25) is 5.02 Å². The summed E-state index contributed by atoms with van der Waals surface area (Å²) in [5, 5.41) is 6.53. The van der Waals surface area contributed by atoms with Crippen LogP contribution in [0, 0.1) is 11.6 Å². The Labute approximate surface area is 144 Å². The maximum atomic E-state index is 14.4. The van der Waals surface area contributed by atoms with Gasteiger partial charge < -0.3 is 10.6 Å². The molecule has 2 atom stereocenters. The van der Waals surface area contributed by atoms with E-state index in [-0.39, 0.29) is 5.02 Å². The number of benzene rings is 2. The Kier molecular flexibility index (Phi) is 4.06. The fourth-order valence-electron chi connectivity index (χ4n) is 2.90. The molecule has 2 nitrogen and oxygen atoms in total. The van der Waals surface area contributed by atoms with Crippen LogP contribution in [0.3, 0.4) is 0 Å². The molecule has 1 fully saturated rings. The van der Waals surface area contributed by atoms with Crippen LogP contribution in [0.1, 0.15) is 24.1 Å². The predicted octanol–water partition coefficient (Wildman–Crippen LogP) is 2.85. The average molecular weight is 349 g/mol. The molecule has 1 aliphatic rings. The summed E-state index contributed by atoms with van der Waals surface area (Å²) in [5.41, 5.74) is 0.435. The number of hydrogen-bond acceptors (Lipinski definition) is 1. The number of hydrogen-bond donors (Lipinski definition) is 2. The largest absolute Gasteiger partial charge is 0.353 e. The van der Waals surface area contributed by atoms with Crippen molar-refractivity contribution in [1.29, 1.82) is 0 Å². The van der Waals surface area contributed by atoms with Gasteiger partial charge in [-0.2, -0.15) is 0 Å². The topological polar surface area (TPSA) is 24.1 Å². The zero-order chi connectivity index (χ0) is 16.8. The van der Waals surface area contributed by atoms with Crippen molar-refractivity contribution in [3.05, 3.63) is 64.2 Å². The van der Waals surface area contributed by atoms with Gasteiger partial charge in [0.05, 0.1) is 16.6 Å². The van der Waals surface area contributed by atoms with Crippen molar-refractivity contribution in [2.45, 2.75) is 18.5 Å². The third-order valence-electron chi connectivity index (χ3n) is 4.06. The molecule has 1 heterocycles. The maximum Gasteiger partial charge on any atom is 0.167 e. The molecule has 23 heavy (non-hydrogen) atoms. The number of halogens is 3. The predicted molar refractivity (Wildman–Crippen MR) is 92.2 cm³/mol. The van der Waals surface area contributed by atoms with Gasteiger partial charge in [0, 0.05) is 5.56 Å².